The van der Waals surface area contributed by atoms with E-state index in [0.717, 1.165) is 24.5 Å². The highest BCUT2D eigenvalue weighted by Crippen LogP contribution is 2.42. The molecule has 0 fully saturated rings. The summed E-state index contributed by atoms with van der Waals surface area (Å²) in [6.45, 7) is -2.38. The molecule has 3 N–H and O–H groups in total. The van der Waals surface area contributed by atoms with E-state index < -0.39 is 55.4 Å². The zero-order valence-corrected chi connectivity index (χ0v) is 15.3. The van der Waals surface area contributed by atoms with Crippen LogP contribution in [0, 0.1) is 5.82 Å². The number of hydrogen-bond acceptors (Lipinski definition) is 6. The van der Waals surface area contributed by atoms with Crippen LogP contribution in [0.3, 0.4) is 0 Å². The zero-order valence-electron chi connectivity index (χ0n) is 15.3. The maximum Gasteiger partial charge on any atom is 0.303 e. The summed E-state index contributed by atoms with van der Waals surface area (Å²) in [5, 5.41) is 2.41. The highest BCUT2D eigenvalue weighted by Gasteiger charge is 2.47. The van der Waals surface area contributed by atoms with Gasteiger partial charge in [-0.2, -0.15) is 8.78 Å². The summed E-state index contributed by atoms with van der Waals surface area (Å²) >= 11 is 0. The quantitative estimate of drug-likeness (QED) is 0.687. The second-order valence-corrected chi connectivity index (χ2v) is 6.51. The molecule has 0 saturated heterocycles. The SMILES string of the molecule is NC1=N[C@](CF)(c2cc(NC(=O)c3cnc(OCF)cn3)ccc2F)CCC1(F)F. The Morgan fingerprint density at radius 3 is 2.57 bits per heavy atom. The van der Waals surface area contributed by atoms with Gasteiger partial charge in [0.15, 0.2) is 5.84 Å². The molecule has 1 aliphatic rings. The number of ether oxygens (including phenoxy) is 1. The number of carbonyl (C=O) groups is 1. The Morgan fingerprint density at radius 2 is 1.97 bits per heavy atom. The van der Waals surface area contributed by atoms with Crippen LogP contribution >= 0.6 is 0 Å². The fraction of sp³-hybridized carbons (Fsp3) is 0.333. The molecule has 7 nitrogen and oxygen atoms in total. The molecule has 1 aromatic carbocycles. The Balaban J connectivity index is 1.88. The minimum atomic E-state index is -3.41. The molecule has 1 amide bonds. The molecular formula is C18H16F5N5O2. The maximum absolute atomic E-state index is 14.4. The van der Waals surface area contributed by atoms with Crippen LogP contribution in [0.15, 0.2) is 35.6 Å². The van der Waals surface area contributed by atoms with Crippen LogP contribution in [-0.4, -0.2) is 41.2 Å². The second kappa shape index (κ2) is 8.20. The van der Waals surface area contributed by atoms with Crippen LogP contribution in [0.25, 0.3) is 0 Å². The van der Waals surface area contributed by atoms with Gasteiger partial charge in [-0.15, -0.1) is 0 Å². The number of rotatable bonds is 6. The van der Waals surface area contributed by atoms with Gasteiger partial charge in [0.2, 0.25) is 12.7 Å². The Labute approximate surface area is 167 Å². The molecule has 160 valence electrons. The van der Waals surface area contributed by atoms with Crippen molar-refractivity contribution in [2.45, 2.75) is 24.3 Å². The van der Waals surface area contributed by atoms with Gasteiger partial charge in [0, 0.05) is 17.7 Å². The van der Waals surface area contributed by atoms with Gasteiger partial charge in [0.1, 0.15) is 23.7 Å². The summed E-state index contributed by atoms with van der Waals surface area (Å²) in [5.41, 5.74) is 2.91. The molecule has 0 radical (unpaired) electrons. The van der Waals surface area contributed by atoms with Crippen molar-refractivity contribution in [3.63, 3.8) is 0 Å². The second-order valence-electron chi connectivity index (χ2n) is 6.51. The average Bonchev–Trinajstić information content (AvgIpc) is 2.72. The first kappa shape index (κ1) is 21.4. The van der Waals surface area contributed by atoms with Gasteiger partial charge in [-0.3, -0.25) is 9.79 Å². The van der Waals surface area contributed by atoms with Gasteiger partial charge in [-0.05, 0) is 24.6 Å². The van der Waals surface area contributed by atoms with Crippen molar-refractivity contribution in [3.8, 4) is 5.88 Å². The molecule has 12 heteroatoms. The van der Waals surface area contributed by atoms with E-state index in [9.17, 15) is 26.7 Å². The minimum Gasteiger partial charge on any atom is -0.445 e. The van der Waals surface area contributed by atoms with Crippen LogP contribution in [-0.2, 0) is 5.54 Å². The summed E-state index contributed by atoms with van der Waals surface area (Å²) in [6, 6.07) is 3.24. The number of hydrogen-bond donors (Lipinski definition) is 2. The lowest BCUT2D eigenvalue weighted by Crippen LogP contribution is -2.46. The van der Waals surface area contributed by atoms with E-state index in [4.69, 9.17) is 5.73 Å². The van der Waals surface area contributed by atoms with E-state index >= 15 is 0 Å². The topological polar surface area (TPSA) is 102 Å². The predicted octanol–water partition coefficient (Wildman–Crippen LogP) is 3.12. The smallest absolute Gasteiger partial charge is 0.303 e. The number of alkyl halides is 4. The number of benzene rings is 1. The normalized spacial score (nSPS) is 20.4. The number of amidine groups is 1. The van der Waals surface area contributed by atoms with E-state index in [0.29, 0.717) is 0 Å². The fourth-order valence-electron chi connectivity index (χ4n) is 2.94. The third kappa shape index (κ3) is 4.16. The Kier molecular flexibility index (Phi) is 5.85. The summed E-state index contributed by atoms with van der Waals surface area (Å²) in [7, 11) is 0. The molecule has 1 atom stereocenters. The van der Waals surface area contributed by atoms with Crippen molar-refractivity contribution in [3.05, 3.63) is 47.7 Å². The van der Waals surface area contributed by atoms with E-state index in [-0.39, 0.29) is 22.8 Å². The third-order valence-electron chi connectivity index (χ3n) is 4.57. The van der Waals surface area contributed by atoms with E-state index in [1.54, 1.807) is 0 Å². The van der Waals surface area contributed by atoms with Gasteiger partial charge in [0.25, 0.3) is 5.91 Å². The highest BCUT2D eigenvalue weighted by atomic mass is 19.3. The van der Waals surface area contributed by atoms with E-state index in [1.807, 2.05) is 0 Å². The molecule has 0 bridgehead atoms. The Hall–Kier alpha value is -3.31. The molecule has 0 aliphatic carbocycles. The molecule has 1 aromatic heterocycles. The van der Waals surface area contributed by atoms with Crippen molar-refractivity contribution in [1.82, 2.24) is 9.97 Å². The number of halogens is 5. The van der Waals surface area contributed by atoms with Crippen LogP contribution in [0.4, 0.5) is 27.6 Å². The summed E-state index contributed by atoms with van der Waals surface area (Å²) < 4.78 is 72.1. The predicted molar refractivity (Wildman–Crippen MR) is 96.4 cm³/mol. The minimum absolute atomic E-state index is 0.0428. The van der Waals surface area contributed by atoms with Crippen LogP contribution in [0.2, 0.25) is 0 Å². The highest BCUT2D eigenvalue weighted by molar-refractivity contribution is 6.02. The van der Waals surface area contributed by atoms with Crippen molar-refractivity contribution in [2.24, 2.45) is 10.7 Å². The number of nitrogens with one attached hydrogen (secondary N) is 1. The molecule has 3 rings (SSSR count). The molecule has 2 heterocycles. The number of anilines is 1. The van der Waals surface area contributed by atoms with Crippen molar-refractivity contribution >= 4 is 17.4 Å². The lowest BCUT2D eigenvalue weighted by molar-refractivity contribution is 0.0413. The van der Waals surface area contributed by atoms with Gasteiger partial charge < -0.3 is 15.8 Å². The zero-order chi connectivity index (χ0) is 21.9. The Bertz CT molecular complexity index is 970. The molecule has 0 spiro atoms. The lowest BCUT2D eigenvalue weighted by Gasteiger charge is -2.35. The first-order valence-electron chi connectivity index (χ1n) is 8.62. The first-order valence-corrected chi connectivity index (χ1v) is 8.62. The fourth-order valence-corrected chi connectivity index (χ4v) is 2.94. The molecule has 1 aliphatic heterocycles. The van der Waals surface area contributed by atoms with Crippen LogP contribution < -0.4 is 15.8 Å². The number of aromatic nitrogens is 2. The maximum atomic E-state index is 14.4. The molecule has 2 aromatic rings. The van der Waals surface area contributed by atoms with E-state index in [1.165, 1.54) is 6.07 Å². The first-order chi connectivity index (χ1) is 14.2. The molecule has 0 saturated carbocycles. The van der Waals surface area contributed by atoms with Gasteiger partial charge in [0.05, 0.1) is 12.4 Å². The van der Waals surface area contributed by atoms with Crippen LogP contribution in [0.1, 0.15) is 28.9 Å². The largest absolute Gasteiger partial charge is 0.445 e. The monoisotopic (exact) mass is 429 g/mol. The average molecular weight is 429 g/mol. The third-order valence-corrected chi connectivity index (χ3v) is 4.57. The van der Waals surface area contributed by atoms with E-state index in [2.05, 4.69) is 25.0 Å². The van der Waals surface area contributed by atoms with Gasteiger partial charge >= 0.3 is 5.92 Å². The van der Waals surface area contributed by atoms with Crippen LogP contribution in [0.5, 0.6) is 5.88 Å². The Morgan fingerprint density at radius 1 is 1.20 bits per heavy atom. The molecule has 0 unspecified atom stereocenters. The molecule has 30 heavy (non-hydrogen) atoms. The van der Waals surface area contributed by atoms with Crippen molar-refractivity contribution in [2.75, 3.05) is 18.9 Å². The summed E-state index contributed by atoms with van der Waals surface area (Å²) in [6.07, 6.45) is 0.780. The summed E-state index contributed by atoms with van der Waals surface area (Å²) in [4.78, 5) is 23.3. The molecular weight excluding hydrogens is 413 g/mol. The number of nitrogens with zero attached hydrogens (tertiary/aromatic N) is 3. The summed E-state index contributed by atoms with van der Waals surface area (Å²) in [5.74, 6) is -6.25. The number of nitrogens with two attached hydrogens (primary N) is 1. The lowest BCUT2D eigenvalue weighted by atomic mass is 9.83. The number of carbonyl (C=O) groups excluding carboxylic acids is 1. The van der Waals surface area contributed by atoms with Gasteiger partial charge in [-0.25, -0.2) is 23.1 Å². The van der Waals surface area contributed by atoms with Crippen molar-refractivity contribution in [1.29, 1.82) is 0 Å². The van der Waals surface area contributed by atoms with Crippen molar-refractivity contribution < 1.29 is 31.5 Å². The number of amides is 1. The van der Waals surface area contributed by atoms with Gasteiger partial charge in [-0.1, -0.05) is 0 Å². The number of aliphatic imine (C=N–C) groups is 1. The standard InChI is InChI=1S/C18H16F5N5O2/c19-8-17(3-4-18(22,23)16(24)28-17)11-5-10(1-2-12(11)21)27-15(29)13-6-26-14(7-25-13)30-9-20/h1-2,5-7H,3-4,8-9H2,(H2,24,28)(H,27,29)/t17-/m1/s1.